The van der Waals surface area contributed by atoms with E-state index < -0.39 is 11.2 Å². The van der Waals surface area contributed by atoms with Gasteiger partial charge in [-0.05, 0) is 17.2 Å². The predicted molar refractivity (Wildman–Crippen MR) is 51.7 cm³/mol. The molecule has 4 heteroatoms. The van der Waals surface area contributed by atoms with Gasteiger partial charge in [0.25, 0.3) is 0 Å². The van der Waals surface area contributed by atoms with Crippen LogP contribution in [0.3, 0.4) is 0 Å². The van der Waals surface area contributed by atoms with Gasteiger partial charge in [0.15, 0.2) is 0 Å². The molecule has 0 aliphatic carbocycles. The van der Waals surface area contributed by atoms with Crippen LogP contribution >= 0.6 is 11.6 Å². The van der Waals surface area contributed by atoms with Crippen molar-refractivity contribution < 1.29 is 14.3 Å². The number of hydrogen-bond acceptors (Lipinski definition) is 3. The summed E-state index contributed by atoms with van der Waals surface area (Å²) in [6, 6.07) is 9.21. The van der Waals surface area contributed by atoms with E-state index in [1.807, 2.05) is 30.3 Å². The molecule has 0 unspecified atom stereocenters. The van der Waals surface area contributed by atoms with E-state index in [4.69, 9.17) is 16.3 Å². The van der Waals surface area contributed by atoms with Crippen molar-refractivity contribution in [2.24, 2.45) is 0 Å². The molecule has 0 saturated heterocycles. The maximum Gasteiger partial charge on any atom is 0.314 e. The van der Waals surface area contributed by atoms with Gasteiger partial charge in [-0.2, -0.15) is 0 Å². The largest absolute Gasteiger partial charge is 0.460 e. The number of rotatable bonds is 4. The highest BCUT2D eigenvalue weighted by atomic mass is 35.5. The molecular weight excluding hydrogens is 204 g/mol. The average Bonchev–Trinajstić information content (AvgIpc) is 2.15. The zero-order valence-corrected chi connectivity index (χ0v) is 8.16. The van der Waals surface area contributed by atoms with Crippen LogP contribution in [-0.4, -0.2) is 11.2 Å². The molecule has 74 valence electrons. The second-order valence-corrected chi connectivity index (χ2v) is 3.10. The fourth-order valence-electron chi connectivity index (χ4n) is 0.903. The smallest absolute Gasteiger partial charge is 0.314 e. The lowest BCUT2D eigenvalue weighted by Gasteiger charge is -2.02. The van der Waals surface area contributed by atoms with Crippen molar-refractivity contribution in [3.05, 3.63) is 35.9 Å². The number of carbonyl (C=O) groups excluding carboxylic acids is 2. The quantitative estimate of drug-likeness (QED) is 0.435. The maximum absolute atomic E-state index is 10.9. The second kappa shape index (κ2) is 5.40. The van der Waals surface area contributed by atoms with Gasteiger partial charge in [0.05, 0.1) is 0 Å². The molecule has 14 heavy (non-hydrogen) atoms. The van der Waals surface area contributed by atoms with Gasteiger partial charge < -0.3 is 4.74 Å². The van der Waals surface area contributed by atoms with Gasteiger partial charge >= 0.3 is 5.97 Å². The van der Waals surface area contributed by atoms with E-state index in [2.05, 4.69) is 0 Å². The first-order chi connectivity index (χ1) is 6.68. The third-order valence-electron chi connectivity index (χ3n) is 1.53. The van der Waals surface area contributed by atoms with Crippen molar-refractivity contribution in [3.63, 3.8) is 0 Å². The number of ether oxygens (including phenoxy) is 1. The van der Waals surface area contributed by atoms with Gasteiger partial charge in [-0.25, -0.2) is 0 Å². The molecule has 0 spiro atoms. The summed E-state index contributed by atoms with van der Waals surface area (Å²) < 4.78 is 4.79. The van der Waals surface area contributed by atoms with Gasteiger partial charge in [-0.3, -0.25) is 9.59 Å². The predicted octanol–water partition coefficient (Wildman–Crippen LogP) is 1.89. The Hall–Kier alpha value is -1.35. The molecule has 1 rings (SSSR count). The SMILES string of the molecule is O=C(Cl)CC(=O)OCc1ccccc1. The molecule has 3 nitrogen and oxygen atoms in total. The number of carbonyl (C=O) groups is 2. The Kier molecular flexibility index (Phi) is 4.13. The van der Waals surface area contributed by atoms with E-state index in [0.717, 1.165) is 5.56 Å². The van der Waals surface area contributed by atoms with Crippen LogP contribution in [0.15, 0.2) is 30.3 Å². The van der Waals surface area contributed by atoms with Crippen molar-refractivity contribution >= 4 is 22.8 Å². The van der Waals surface area contributed by atoms with Crippen molar-refractivity contribution in [2.45, 2.75) is 13.0 Å². The molecule has 0 saturated carbocycles. The summed E-state index contributed by atoms with van der Waals surface area (Å²) >= 11 is 5.01. The van der Waals surface area contributed by atoms with Crippen LogP contribution < -0.4 is 0 Å². The molecule has 0 aromatic heterocycles. The van der Waals surface area contributed by atoms with Crippen molar-refractivity contribution in [2.75, 3.05) is 0 Å². The van der Waals surface area contributed by atoms with Crippen molar-refractivity contribution in [3.8, 4) is 0 Å². The summed E-state index contributed by atoms with van der Waals surface area (Å²) in [4.78, 5) is 21.2. The normalized spacial score (nSPS) is 9.50. The Morgan fingerprint density at radius 2 is 1.86 bits per heavy atom. The lowest BCUT2D eigenvalue weighted by molar-refractivity contribution is -0.146. The van der Waals surface area contributed by atoms with Gasteiger partial charge in [-0.15, -0.1) is 0 Å². The van der Waals surface area contributed by atoms with Crippen LogP contribution in [-0.2, 0) is 20.9 Å². The number of hydrogen-bond donors (Lipinski definition) is 0. The van der Waals surface area contributed by atoms with Crippen LogP contribution in [0.25, 0.3) is 0 Å². The number of esters is 1. The van der Waals surface area contributed by atoms with Crippen molar-refractivity contribution in [1.82, 2.24) is 0 Å². The molecule has 0 radical (unpaired) electrons. The molecule has 0 atom stereocenters. The molecule has 0 amide bonds. The number of halogens is 1. The minimum atomic E-state index is -0.705. The lowest BCUT2D eigenvalue weighted by Crippen LogP contribution is -2.07. The van der Waals surface area contributed by atoms with Crippen LogP contribution in [0.2, 0.25) is 0 Å². The molecule has 1 aromatic rings. The first kappa shape index (κ1) is 10.7. The highest BCUT2D eigenvalue weighted by Gasteiger charge is 2.07. The molecule has 0 heterocycles. The summed E-state index contributed by atoms with van der Waals surface area (Å²) in [6.45, 7) is 0.170. The van der Waals surface area contributed by atoms with E-state index in [0.29, 0.717) is 0 Å². The second-order valence-electron chi connectivity index (χ2n) is 2.68. The van der Waals surface area contributed by atoms with Crippen LogP contribution in [0.5, 0.6) is 0 Å². The molecule has 1 aromatic carbocycles. The Morgan fingerprint density at radius 1 is 1.21 bits per heavy atom. The molecule has 0 aliphatic rings. The van der Waals surface area contributed by atoms with E-state index in [-0.39, 0.29) is 13.0 Å². The molecular formula is C10H9ClO3. The van der Waals surface area contributed by atoms with Crippen LogP contribution in [0.1, 0.15) is 12.0 Å². The first-order valence-electron chi connectivity index (χ1n) is 4.06. The topological polar surface area (TPSA) is 43.4 Å². The summed E-state index contributed by atoms with van der Waals surface area (Å²) in [5, 5.41) is -0.705. The Labute approximate surface area is 86.6 Å². The monoisotopic (exact) mass is 212 g/mol. The van der Waals surface area contributed by atoms with E-state index in [1.165, 1.54) is 0 Å². The first-order valence-corrected chi connectivity index (χ1v) is 4.44. The standard InChI is InChI=1S/C10H9ClO3/c11-9(12)6-10(13)14-7-8-4-2-1-3-5-8/h1-5H,6-7H2. The average molecular weight is 213 g/mol. The van der Waals surface area contributed by atoms with Crippen LogP contribution in [0, 0.1) is 0 Å². The van der Waals surface area contributed by atoms with E-state index >= 15 is 0 Å². The molecule has 0 bridgehead atoms. The summed E-state index contributed by atoms with van der Waals surface area (Å²) in [7, 11) is 0. The molecule has 0 aliphatic heterocycles. The lowest BCUT2D eigenvalue weighted by atomic mass is 10.2. The highest BCUT2D eigenvalue weighted by Crippen LogP contribution is 2.02. The third-order valence-corrected chi connectivity index (χ3v) is 1.66. The number of benzene rings is 1. The van der Waals surface area contributed by atoms with Crippen molar-refractivity contribution in [1.29, 1.82) is 0 Å². The third kappa shape index (κ3) is 4.05. The Morgan fingerprint density at radius 3 is 2.43 bits per heavy atom. The summed E-state index contributed by atoms with van der Waals surface area (Å²) in [6.07, 6.45) is -0.381. The van der Waals surface area contributed by atoms with Crippen LogP contribution in [0.4, 0.5) is 0 Å². The van der Waals surface area contributed by atoms with Gasteiger partial charge in [0.2, 0.25) is 5.24 Å². The minimum Gasteiger partial charge on any atom is -0.460 e. The fourth-order valence-corrected chi connectivity index (χ4v) is 1.01. The van der Waals surface area contributed by atoms with Gasteiger partial charge in [0, 0.05) is 0 Å². The highest BCUT2D eigenvalue weighted by molar-refractivity contribution is 6.64. The minimum absolute atomic E-state index is 0.170. The zero-order chi connectivity index (χ0) is 10.4. The van der Waals surface area contributed by atoms with Gasteiger partial charge in [-0.1, -0.05) is 30.3 Å². The Balaban J connectivity index is 2.34. The fraction of sp³-hybridized carbons (Fsp3) is 0.200. The van der Waals surface area contributed by atoms with E-state index in [9.17, 15) is 9.59 Å². The summed E-state index contributed by atoms with van der Waals surface area (Å²) in [5.41, 5.74) is 0.878. The maximum atomic E-state index is 10.9. The van der Waals surface area contributed by atoms with E-state index in [1.54, 1.807) is 0 Å². The molecule has 0 N–H and O–H groups in total. The summed E-state index contributed by atoms with van der Waals surface area (Å²) in [5.74, 6) is -0.603. The molecule has 0 fully saturated rings. The zero-order valence-electron chi connectivity index (χ0n) is 7.40. The van der Waals surface area contributed by atoms with Gasteiger partial charge in [0.1, 0.15) is 13.0 Å². The Bertz CT molecular complexity index is 321.